The molecule has 0 amide bonds. The van der Waals surface area contributed by atoms with Crippen LogP contribution in [0.1, 0.15) is 0 Å². The second-order valence-electron chi connectivity index (χ2n) is 3.49. The van der Waals surface area contributed by atoms with Crippen LogP contribution < -0.4 is 10.2 Å². The van der Waals surface area contributed by atoms with Gasteiger partial charge in [0.1, 0.15) is 11.4 Å². The highest BCUT2D eigenvalue weighted by Crippen LogP contribution is 2.26. The number of methoxy groups -OCH3 is 1. The van der Waals surface area contributed by atoms with Gasteiger partial charge in [0, 0.05) is 5.02 Å². The molecule has 0 saturated heterocycles. The second kappa shape index (κ2) is 6.02. The molecule has 0 aliphatic carbocycles. The van der Waals surface area contributed by atoms with Gasteiger partial charge in [-0.3, -0.25) is 5.43 Å². The Hall–Kier alpha value is -2.07. The molecule has 0 aliphatic rings. The number of hydrogen-bond donors (Lipinski definition) is 1. The first-order valence-corrected chi connectivity index (χ1v) is 5.73. The van der Waals surface area contributed by atoms with E-state index in [1.165, 1.54) is 0 Å². The summed E-state index contributed by atoms with van der Waals surface area (Å²) in [6.07, 6.45) is 0. The number of anilines is 1. The maximum Gasteiger partial charge on any atom is 0.146 e. The molecule has 92 valence electrons. The van der Waals surface area contributed by atoms with Crippen LogP contribution >= 0.6 is 11.6 Å². The molecule has 1 N–H and O–H groups in total. The topological polar surface area (TPSA) is 46.0 Å². The van der Waals surface area contributed by atoms with Crippen LogP contribution in [0.3, 0.4) is 0 Å². The second-order valence-corrected chi connectivity index (χ2v) is 3.93. The van der Waals surface area contributed by atoms with Crippen molar-refractivity contribution in [3.05, 3.63) is 53.6 Å². The number of ether oxygens (including phenoxy) is 1. The molecule has 0 fully saturated rings. The Balaban J connectivity index is 2.05. The molecule has 2 aromatic carbocycles. The average molecular weight is 262 g/mol. The van der Waals surface area contributed by atoms with Crippen LogP contribution in [0.15, 0.2) is 58.9 Å². The molecule has 0 atom stereocenters. The highest BCUT2D eigenvalue weighted by molar-refractivity contribution is 6.30. The van der Waals surface area contributed by atoms with Crippen molar-refractivity contribution in [2.24, 2.45) is 10.3 Å². The van der Waals surface area contributed by atoms with E-state index >= 15 is 0 Å². The number of benzene rings is 2. The molecule has 0 heterocycles. The molecule has 0 unspecified atom stereocenters. The fourth-order valence-electron chi connectivity index (χ4n) is 1.37. The Kier molecular flexibility index (Phi) is 4.15. The van der Waals surface area contributed by atoms with E-state index in [-0.39, 0.29) is 0 Å². The number of halogens is 1. The normalized spacial score (nSPS) is 10.6. The third kappa shape index (κ3) is 3.21. The van der Waals surface area contributed by atoms with Gasteiger partial charge in [-0.2, -0.15) is 0 Å². The monoisotopic (exact) mass is 261 g/mol. The van der Waals surface area contributed by atoms with Gasteiger partial charge in [-0.1, -0.05) is 29.0 Å². The van der Waals surface area contributed by atoms with Crippen LogP contribution in [0.2, 0.25) is 5.02 Å². The highest BCUT2D eigenvalue weighted by atomic mass is 35.5. The van der Waals surface area contributed by atoms with E-state index in [0.717, 1.165) is 5.69 Å². The van der Waals surface area contributed by atoms with Crippen molar-refractivity contribution in [1.29, 1.82) is 0 Å². The van der Waals surface area contributed by atoms with Crippen molar-refractivity contribution in [2.45, 2.75) is 0 Å². The molecular weight excluding hydrogens is 250 g/mol. The number of para-hydroxylation sites is 1. The van der Waals surface area contributed by atoms with Crippen LogP contribution in [0.25, 0.3) is 0 Å². The Morgan fingerprint density at radius 1 is 1.06 bits per heavy atom. The Morgan fingerprint density at radius 3 is 2.50 bits per heavy atom. The quantitative estimate of drug-likeness (QED) is 0.652. The first-order valence-electron chi connectivity index (χ1n) is 5.35. The summed E-state index contributed by atoms with van der Waals surface area (Å²) in [5.41, 5.74) is 4.30. The predicted molar refractivity (Wildman–Crippen MR) is 72.6 cm³/mol. The Morgan fingerprint density at radius 2 is 1.78 bits per heavy atom. The van der Waals surface area contributed by atoms with Crippen LogP contribution in [0.4, 0.5) is 11.4 Å². The third-order valence-corrected chi connectivity index (χ3v) is 2.52. The summed E-state index contributed by atoms with van der Waals surface area (Å²) < 4.78 is 5.16. The summed E-state index contributed by atoms with van der Waals surface area (Å²) in [4.78, 5) is 0. The van der Waals surface area contributed by atoms with Gasteiger partial charge in [-0.25, -0.2) is 0 Å². The van der Waals surface area contributed by atoms with E-state index in [4.69, 9.17) is 16.3 Å². The van der Waals surface area contributed by atoms with E-state index in [9.17, 15) is 0 Å². The largest absolute Gasteiger partial charge is 0.494 e. The van der Waals surface area contributed by atoms with Gasteiger partial charge in [-0.05, 0) is 36.4 Å². The van der Waals surface area contributed by atoms with Crippen molar-refractivity contribution in [2.75, 3.05) is 12.5 Å². The average Bonchev–Trinajstić information content (AvgIpc) is 2.41. The molecule has 0 spiro atoms. The van der Waals surface area contributed by atoms with Crippen LogP contribution in [-0.2, 0) is 0 Å². The summed E-state index contributed by atoms with van der Waals surface area (Å²) in [5.74, 6) is 0.680. The third-order valence-electron chi connectivity index (χ3n) is 2.27. The molecule has 0 radical (unpaired) electrons. The SMILES string of the molecule is COc1ccccc1N=NNc1ccc(Cl)cc1. The Labute approximate surface area is 110 Å². The molecule has 0 aliphatic heterocycles. The fraction of sp³-hybridized carbons (Fsp3) is 0.0769. The zero-order chi connectivity index (χ0) is 12.8. The molecule has 2 aromatic rings. The van der Waals surface area contributed by atoms with Crippen LogP contribution in [0.5, 0.6) is 5.75 Å². The van der Waals surface area contributed by atoms with Crippen molar-refractivity contribution < 1.29 is 4.74 Å². The minimum absolute atomic E-state index is 0.668. The summed E-state index contributed by atoms with van der Waals surface area (Å²) in [6.45, 7) is 0. The van der Waals surface area contributed by atoms with Gasteiger partial charge >= 0.3 is 0 Å². The molecule has 4 nitrogen and oxygen atoms in total. The zero-order valence-electron chi connectivity index (χ0n) is 9.80. The lowest BCUT2D eigenvalue weighted by atomic mass is 10.3. The van der Waals surface area contributed by atoms with E-state index in [0.29, 0.717) is 16.5 Å². The molecule has 0 aromatic heterocycles. The number of nitrogens with one attached hydrogen (secondary N) is 1. The van der Waals surface area contributed by atoms with Crippen molar-refractivity contribution in [3.63, 3.8) is 0 Å². The van der Waals surface area contributed by atoms with E-state index in [1.807, 2.05) is 36.4 Å². The molecule has 5 heteroatoms. The number of nitrogens with zero attached hydrogens (tertiary/aromatic N) is 2. The lowest BCUT2D eigenvalue weighted by Gasteiger charge is -2.02. The molecule has 2 rings (SSSR count). The Bertz CT molecular complexity index is 540. The van der Waals surface area contributed by atoms with Crippen LogP contribution in [-0.4, -0.2) is 7.11 Å². The molecule has 0 saturated carbocycles. The van der Waals surface area contributed by atoms with Crippen molar-refractivity contribution in [1.82, 2.24) is 0 Å². The maximum atomic E-state index is 5.78. The van der Waals surface area contributed by atoms with E-state index in [2.05, 4.69) is 15.8 Å². The minimum atomic E-state index is 0.668. The van der Waals surface area contributed by atoms with Gasteiger partial charge in [0.05, 0.1) is 12.8 Å². The smallest absolute Gasteiger partial charge is 0.146 e. The van der Waals surface area contributed by atoms with E-state index in [1.54, 1.807) is 19.2 Å². The van der Waals surface area contributed by atoms with Crippen LogP contribution in [0, 0.1) is 0 Å². The zero-order valence-corrected chi connectivity index (χ0v) is 10.6. The van der Waals surface area contributed by atoms with Crippen molar-refractivity contribution >= 4 is 23.0 Å². The predicted octanol–water partition coefficient (Wildman–Crippen LogP) is 4.46. The lowest BCUT2D eigenvalue weighted by molar-refractivity contribution is 0.416. The molecule has 0 bridgehead atoms. The van der Waals surface area contributed by atoms with E-state index < -0.39 is 0 Å². The lowest BCUT2D eigenvalue weighted by Crippen LogP contribution is -1.86. The van der Waals surface area contributed by atoms with Gasteiger partial charge in [0.2, 0.25) is 0 Å². The molecule has 18 heavy (non-hydrogen) atoms. The van der Waals surface area contributed by atoms with Gasteiger partial charge in [0.15, 0.2) is 0 Å². The summed E-state index contributed by atoms with van der Waals surface area (Å²) in [7, 11) is 1.60. The van der Waals surface area contributed by atoms with Gasteiger partial charge < -0.3 is 4.74 Å². The summed E-state index contributed by atoms with van der Waals surface area (Å²) in [6, 6.07) is 14.6. The minimum Gasteiger partial charge on any atom is -0.494 e. The first-order chi connectivity index (χ1) is 8.79. The van der Waals surface area contributed by atoms with Gasteiger partial charge in [-0.15, -0.1) is 5.11 Å². The number of rotatable bonds is 4. The number of hydrogen-bond acceptors (Lipinski definition) is 3. The highest BCUT2D eigenvalue weighted by Gasteiger charge is 1.98. The summed E-state index contributed by atoms with van der Waals surface area (Å²) >= 11 is 5.78. The molecular formula is C13H12ClN3O. The maximum absolute atomic E-state index is 5.78. The van der Waals surface area contributed by atoms with Crippen molar-refractivity contribution in [3.8, 4) is 5.75 Å². The first kappa shape index (κ1) is 12.4. The van der Waals surface area contributed by atoms with Gasteiger partial charge in [0.25, 0.3) is 0 Å². The fourth-order valence-corrected chi connectivity index (χ4v) is 1.50. The standard InChI is InChI=1S/C13H12ClN3O/c1-18-13-5-3-2-4-12(13)16-17-15-11-8-6-10(14)7-9-11/h2-9H,1H3,(H,15,16). The summed E-state index contributed by atoms with van der Waals surface area (Å²) in [5, 5.41) is 8.64.